The van der Waals surface area contributed by atoms with Crippen molar-refractivity contribution in [3.63, 3.8) is 0 Å². The summed E-state index contributed by atoms with van der Waals surface area (Å²) in [5.74, 6) is 0. The van der Waals surface area contributed by atoms with Gasteiger partial charge in [0.1, 0.15) is 17.6 Å². The molecule has 78 valence electrons. The minimum atomic E-state index is -0.789. The molecule has 0 saturated heterocycles. The van der Waals surface area contributed by atoms with Crippen LogP contribution >= 0.6 is 0 Å². The van der Waals surface area contributed by atoms with E-state index in [2.05, 4.69) is 15.0 Å². The Bertz CT molecular complexity index is 487. The quantitative estimate of drug-likeness (QED) is 0.754. The lowest BCUT2D eigenvalue weighted by Gasteiger charge is -2.23. The molecule has 0 unspecified atom stereocenters. The highest BCUT2D eigenvalue weighted by molar-refractivity contribution is 5.69. The van der Waals surface area contributed by atoms with Crippen molar-refractivity contribution in [1.29, 1.82) is 0 Å². The van der Waals surface area contributed by atoms with Crippen LogP contribution in [0, 0.1) is 0 Å². The van der Waals surface area contributed by atoms with Crippen LogP contribution in [-0.4, -0.2) is 24.6 Å². The van der Waals surface area contributed by atoms with Crippen molar-refractivity contribution in [2.45, 2.75) is 31.4 Å². The van der Waals surface area contributed by atoms with Gasteiger partial charge in [-0.25, -0.2) is 15.0 Å². The summed E-state index contributed by atoms with van der Waals surface area (Å²) in [6.07, 6.45) is 8.48. The zero-order valence-corrected chi connectivity index (χ0v) is 8.30. The van der Waals surface area contributed by atoms with Crippen LogP contribution in [0.5, 0.6) is 0 Å². The Morgan fingerprint density at radius 2 is 2.07 bits per heavy atom. The molecule has 2 heterocycles. The molecule has 15 heavy (non-hydrogen) atoms. The summed E-state index contributed by atoms with van der Waals surface area (Å²) in [7, 11) is 0. The van der Waals surface area contributed by atoms with Gasteiger partial charge in [-0.05, 0) is 25.7 Å². The Hall–Kier alpha value is -1.49. The van der Waals surface area contributed by atoms with Gasteiger partial charge in [-0.1, -0.05) is 0 Å². The minimum Gasteiger partial charge on any atom is -0.370 e. The number of hydrogen-bond acceptors (Lipinski definition) is 4. The molecule has 0 aliphatic heterocycles. The first-order chi connectivity index (χ1) is 7.30. The van der Waals surface area contributed by atoms with Crippen molar-refractivity contribution in [2.24, 2.45) is 0 Å². The van der Waals surface area contributed by atoms with Crippen LogP contribution in [0.4, 0.5) is 0 Å². The molecule has 1 aliphatic rings. The molecular weight excluding hydrogens is 192 g/mol. The fraction of sp³-hybridized carbons (Fsp3) is 0.500. The first kappa shape index (κ1) is 8.79. The number of imidazole rings is 1. The normalized spacial score (nSPS) is 19.8. The second-order valence-corrected chi connectivity index (χ2v) is 4.04. The van der Waals surface area contributed by atoms with Crippen LogP contribution in [0.15, 0.2) is 18.9 Å². The van der Waals surface area contributed by atoms with E-state index in [4.69, 9.17) is 0 Å². The Balaban J connectivity index is 2.18. The number of fused-ring (bicyclic) bond motifs is 1. The van der Waals surface area contributed by atoms with Crippen molar-refractivity contribution in [3.05, 3.63) is 18.9 Å². The number of aromatic nitrogens is 4. The fourth-order valence-electron chi connectivity index (χ4n) is 2.25. The minimum absolute atomic E-state index is 0.717. The summed E-state index contributed by atoms with van der Waals surface area (Å²) in [5.41, 5.74) is 0.663. The average molecular weight is 204 g/mol. The van der Waals surface area contributed by atoms with E-state index in [-0.39, 0.29) is 0 Å². The van der Waals surface area contributed by atoms with Crippen molar-refractivity contribution in [1.82, 2.24) is 19.5 Å². The molecule has 5 heteroatoms. The first-order valence-electron chi connectivity index (χ1n) is 5.15. The van der Waals surface area contributed by atoms with Crippen LogP contribution in [-0.2, 0) is 5.72 Å². The van der Waals surface area contributed by atoms with Crippen LogP contribution < -0.4 is 0 Å². The van der Waals surface area contributed by atoms with Crippen LogP contribution in [0.25, 0.3) is 11.2 Å². The van der Waals surface area contributed by atoms with Gasteiger partial charge >= 0.3 is 0 Å². The van der Waals surface area contributed by atoms with E-state index in [0.717, 1.165) is 36.8 Å². The third-order valence-corrected chi connectivity index (χ3v) is 3.07. The first-order valence-corrected chi connectivity index (χ1v) is 5.15. The van der Waals surface area contributed by atoms with Gasteiger partial charge in [-0.15, -0.1) is 0 Å². The molecule has 0 aromatic carbocycles. The summed E-state index contributed by atoms with van der Waals surface area (Å²) in [6, 6.07) is 0. The number of hydrogen-bond donors (Lipinski definition) is 1. The Labute approximate surface area is 86.8 Å². The lowest BCUT2D eigenvalue weighted by Crippen LogP contribution is -2.29. The fourth-order valence-corrected chi connectivity index (χ4v) is 2.25. The molecule has 2 aromatic heterocycles. The van der Waals surface area contributed by atoms with E-state index in [1.165, 1.54) is 6.33 Å². The van der Waals surface area contributed by atoms with Gasteiger partial charge in [0, 0.05) is 0 Å². The molecule has 1 aliphatic carbocycles. The highest BCUT2D eigenvalue weighted by atomic mass is 16.3. The smallest absolute Gasteiger partial charge is 0.165 e. The van der Waals surface area contributed by atoms with Gasteiger partial charge in [0.05, 0.1) is 12.5 Å². The molecule has 5 nitrogen and oxygen atoms in total. The lowest BCUT2D eigenvalue weighted by atomic mass is 10.2. The van der Waals surface area contributed by atoms with Crippen molar-refractivity contribution < 1.29 is 5.11 Å². The molecule has 1 fully saturated rings. The van der Waals surface area contributed by atoms with Crippen LogP contribution in [0.1, 0.15) is 25.7 Å². The standard InChI is InChI=1S/C10H12N4O/c15-10(3-1-2-4-10)14-7-13-8-5-11-6-12-9(8)14/h5-7,15H,1-4H2. The highest BCUT2D eigenvalue weighted by Gasteiger charge is 2.34. The maximum atomic E-state index is 10.4. The van der Waals surface area contributed by atoms with E-state index in [1.807, 2.05) is 0 Å². The number of nitrogens with zero attached hydrogens (tertiary/aromatic N) is 4. The Morgan fingerprint density at radius 3 is 2.87 bits per heavy atom. The zero-order valence-electron chi connectivity index (χ0n) is 8.30. The summed E-state index contributed by atoms with van der Waals surface area (Å²) in [4.78, 5) is 12.3. The van der Waals surface area contributed by atoms with E-state index in [1.54, 1.807) is 17.1 Å². The van der Waals surface area contributed by atoms with Gasteiger partial charge in [0.2, 0.25) is 0 Å². The predicted molar refractivity (Wildman–Crippen MR) is 54.0 cm³/mol. The van der Waals surface area contributed by atoms with Gasteiger partial charge in [0.25, 0.3) is 0 Å². The van der Waals surface area contributed by atoms with E-state index >= 15 is 0 Å². The average Bonchev–Trinajstić information content (AvgIpc) is 2.84. The van der Waals surface area contributed by atoms with Gasteiger partial charge in [-0.2, -0.15) is 0 Å². The number of rotatable bonds is 1. The highest BCUT2D eigenvalue weighted by Crippen LogP contribution is 2.35. The van der Waals surface area contributed by atoms with E-state index in [0.29, 0.717) is 0 Å². The topological polar surface area (TPSA) is 63.8 Å². The monoisotopic (exact) mass is 204 g/mol. The van der Waals surface area contributed by atoms with Crippen molar-refractivity contribution in [2.75, 3.05) is 0 Å². The van der Waals surface area contributed by atoms with Gasteiger partial charge in [-0.3, -0.25) is 4.57 Å². The molecular formula is C10H12N4O. The van der Waals surface area contributed by atoms with Crippen LogP contribution in [0.2, 0.25) is 0 Å². The van der Waals surface area contributed by atoms with Crippen LogP contribution in [0.3, 0.4) is 0 Å². The Morgan fingerprint density at radius 1 is 1.27 bits per heavy atom. The molecule has 0 spiro atoms. The second-order valence-electron chi connectivity index (χ2n) is 4.04. The number of aliphatic hydroxyl groups is 1. The molecule has 0 atom stereocenters. The van der Waals surface area contributed by atoms with Gasteiger partial charge < -0.3 is 5.11 Å². The third-order valence-electron chi connectivity index (χ3n) is 3.07. The summed E-state index contributed by atoms with van der Waals surface area (Å²) >= 11 is 0. The summed E-state index contributed by atoms with van der Waals surface area (Å²) < 4.78 is 1.77. The molecule has 0 bridgehead atoms. The van der Waals surface area contributed by atoms with Crippen molar-refractivity contribution in [3.8, 4) is 0 Å². The molecule has 0 radical (unpaired) electrons. The predicted octanol–water partition coefficient (Wildman–Crippen LogP) is 1.05. The SMILES string of the molecule is OC1(n2cnc3cncnc32)CCCC1. The molecule has 3 rings (SSSR count). The summed E-state index contributed by atoms with van der Waals surface area (Å²) in [6.45, 7) is 0. The van der Waals surface area contributed by atoms with E-state index in [9.17, 15) is 5.11 Å². The van der Waals surface area contributed by atoms with Gasteiger partial charge in [0.15, 0.2) is 5.65 Å². The summed E-state index contributed by atoms with van der Waals surface area (Å²) in [5, 5.41) is 10.4. The lowest BCUT2D eigenvalue weighted by molar-refractivity contribution is -0.0271. The molecule has 1 saturated carbocycles. The zero-order chi connectivity index (χ0) is 10.3. The molecule has 1 N–H and O–H groups in total. The maximum absolute atomic E-state index is 10.4. The van der Waals surface area contributed by atoms with Crippen molar-refractivity contribution >= 4 is 11.2 Å². The molecule has 2 aromatic rings. The third kappa shape index (κ3) is 1.23. The van der Waals surface area contributed by atoms with E-state index < -0.39 is 5.72 Å². The molecule has 0 amide bonds. The second kappa shape index (κ2) is 3.00. The Kier molecular flexibility index (Phi) is 1.76. The maximum Gasteiger partial charge on any atom is 0.165 e. The largest absolute Gasteiger partial charge is 0.370 e.